The number of carbonyl (C=O) groups is 1. The van der Waals surface area contributed by atoms with Crippen molar-refractivity contribution in [3.8, 4) is 0 Å². The SMILES string of the molecule is Cc1ccc2nc(C)cc(C(=O)N3CCN(Cc4cccnc4)CC3)c2c1. The second kappa shape index (κ2) is 7.45. The van der Waals surface area contributed by atoms with Gasteiger partial charge in [0.15, 0.2) is 0 Å². The Bertz CT molecular complexity index is 963. The van der Waals surface area contributed by atoms with Gasteiger partial charge in [0.2, 0.25) is 0 Å². The lowest BCUT2D eigenvalue weighted by Gasteiger charge is -2.35. The number of aryl methyl sites for hydroxylation is 2. The van der Waals surface area contributed by atoms with Crippen molar-refractivity contribution in [2.24, 2.45) is 0 Å². The standard InChI is InChI=1S/C22H24N4O/c1-16-5-6-21-19(12-16)20(13-17(2)24-21)22(27)26-10-8-25(9-11-26)15-18-4-3-7-23-14-18/h3-7,12-14H,8-11,15H2,1-2H3. The predicted molar refractivity (Wildman–Crippen MR) is 107 cm³/mol. The van der Waals surface area contributed by atoms with E-state index in [9.17, 15) is 4.79 Å². The molecule has 0 aliphatic carbocycles. The van der Waals surface area contributed by atoms with Crippen LogP contribution in [0.25, 0.3) is 10.9 Å². The minimum absolute atomic E-state index is 0.108. The van der Waals surface area contributed by atoms with E-state index in [0.29, 0.717) is 0 Å². The number of hydrogen-bond acceptors (Lipinski definition) is 4. The molecule has 2 aromatic heterocycles. The van der Waals surface area contributed by atoms with Crippen molar-refractivity contribution in [2.75, 3.05) is 26.2 Å². The summed E-state index contributed by atoms with van der Waals surface area (Å²) < 4.78 is 0. The zero-order valence-corrected chi connectivity index (χ0v) is 15.9. The summed E-state index contributed by atoms with van der Waals surface area (Å²) >= 11 is 0. The Morgan fingerprint density at radius 2 is 1.89 bits per heavy atom. The maximum Gasteiger partial charge on any atom is 0.254 e. The smallest absolute Gasteiger partial charge is 0.254 e. The summed E-state index contributed by atoms with van der Waals surface area (Å²) in [5.74, 6) is 0.108. The van der Waals surface area contributed by atoms with Crippen LogP contribution in [0.2, 0.25) is 0 Å². The Morgan fingerprint density at radius 3 is 2.63 bits per heavy atom. The number of fused-ring (bicyclic) bond motifs is 1. The molecule has 3 heterocycles. The summed E-state index contributed by atoms with van der Waals surface area (Å²) in [6.45, 7) is 8.11. The molecule has 0 atom stereocenters. The minimum atomic E-state index is 0.108. The molecule has 1 saturated heterocycles. The number of hydrogen-bond donors (Lipinski definition) is 0. The fourth-order valence-electron chi connectivity index (χ4n) is 3.68. The van der Waals surface area contributed by atoms with Crippen molar-refractivity contribution in [1.29, 1.82) is 0 Å². The van der Waals surface area contributed by atoms with E-state index < -0.39 is 0 Å². The third kappa shape index (κ3) is 3.83. The molecular weight excluding hydrogens is 336 g/mol. The lowest BCUT2D eigenvalue weighted by atomic mass is 10.0. The lowest BCUT2D eigenvalue weighted by Crippen LogP contribution is -2.48. The molecule has 1 amide bonds. The van der Waals surface area contributed by atoms with E-state index in [2.05, 4.69) is 27.0 Å². The van der Waals surface area contributed by atoms with Gasteiger partial charge >= 0.3 is 0 Å². The third-order valence-electron chi connectivity index (χ3n) is 5.11. The van der Waals surface area contributed by atoms with Crippen molar-refractivity contribution >= 4 is 16.8 Å². The van der Waals surface area contributed by atoms with Gasteiger partial charge in [-0.25, -0.2) is 0 Å². The van der Waals surface area contributed by atoms with Crippen molar-refractivity contribution in [3.05, 3.63) is 71.2 Å². The van der Waals surface area contributed by atoms with Crippen LogP contribution < -0.4 is 0 Å². The van der Waals surface area contributed by atoms with Crippen molar-refractivity contribution in [2.45, 2.75) is 20.4 Å². The van der Waals surface area contributed by atoms with Crippen LogP contribution in [0.3, 0.4) is 0 Å². The first-order valence-electron chi connectivity index (χ1n) is 9.39. The van der Waals surface area contributed by atoms with Crippen LogP contribution in [0.5, 0.6) is 0 Å². The van der Waals surface area contributed by atoms with E-state index in [1.165, 1.54) is 5.56 Å². The van der Waals surface area contributed by atoms with Gasteiger partial charge in [0.1, 0.15) is 0 Å². The second-order valence-electron chi connectivity index (χ2n) is 7.26. The van der Waals surface area contributed by atoms with Gasteiger partial charge in [0, 0.05) is 56.2 Å². The van der Waals surface area contributed by atoms with Gasteiger partial charge in [-0.15, -0.1) is 0 Å². The Morgan fingerprint density at radius 1 is 1.07 bits per heavy atom. The van der Waals surface area contributed by atoms with E-state index in [-0.39, 0.29) is 5.91 Å². The van der Waals surface area contributed by atoms with Gasteiger partial charge in [-0.05, 0) is 43.7 Å². The van der Waals surface area contributed by atoms with Crippen LogP contribution in [0.15, 0.2) is 48.8 Å². The molecule has 138 valence electrons. The number of rotatable bonds is 3. The topological polar surface area (TPSA) is 49.3 Å². The predicted octanol–water partition coefficient (Wildman–Crippen LogP) is 3.20. The monoisotopic (exact) mass is 360 g/mol. The quantitative estimate of drug-likeness (QED) is 0.720. The van der Waals surface area contributed by atoms with E-state index in [4.69, 9.17) is 0 Å². The molecule has 1 aliphatic rings. The fraction of sp³-hybridized carbons (Fsp3) is 0.318. The Labute approximate surface area is 159 Å². The van der Waals surface area contributed by atoms with Crippen LogP contribution in [-0.4, -0.2) is 51.9 Å². The van der Waals surface area contributed by atoms with Gasteiger partial charge in [0.25, 0.3) is 5.91 Å². The lowest BCUT2D eigenvalue weighted by molar-refractivity contribution is 0.0630. The van der Waals surface area contributed by atoms with Crippen molar-refractivity contribution in [3.63, 3.8) is 0 Å². The number of pyridine rings is 2. The molecule has 0 N–H and O–H groups in total. The Balaban J connectivity index is 1.50. The number of nitrogens with zero attached hydrogens (tertiary/aromatic N) is 4. The fourth-order valence-corrected chi connectivity index (χ4v) is 3.68. The van der Waals surface area contributed by atoms with Gasteiger partial charge in [-0.1, -0.05) is 17.7 Å². The second-order valence-corrected chi connectivity index (χ2v) is 7.26. The van der Waals surface area contributed by atoms with E-state index in [0.717, 1.165) is 60.4 Å². The largest absolute Gasteiger partial charge is 0.336 e. The number of amides is 1. The van der Waals surface area contributed by atoms with Crippen LogP contribution >= 0.6 is 0 Å². The number of benzene rings is 1. The van der Waals surface area contributed by atoms with Crippen molar-refractivity contribution < 1.29 is 4.79 Å². The maximum atomic E-state index is 13.2. The first kappa shape index (κ1) is 17.6. The highest BCUT2D eigenvalue weighted by molar-refractivity contribution is 6.06. The molecule has 0 saturated carbocycles. The highest BCUT2D eigenvalue weighted by Gasteiger charge is 2.24. The molecule has 0 bridgehead atoms. The summed E-state index contributed by atoms with van der Waals surface area (Å²) in [6.07, 6.45) is 3.70. The summed E-state index contributed by atoms with van der Waals surface area (Å²) in [6, 6.07) is 12.1. The molecule has 1 aliphatic heterocycles. The number of aromatic nitrogens is 2. The average molecular weight is 360 g/mol. The van der Waals surface area contributed by atoms with Crippen LogP contribution in [-0.2, 0) is 6.54 Å². The summed E-state index contributed by atoms with van der Waals surface area (Å²) in [7, 11) is 0. The summed E-state index contributed by atoms with van der Waals surface area (Å²) in [5, 5.41) is 0.948. The first-order chi connectivity index (χ1) is 13.1. The minimum Gasteiger partial charge on any atom is -0.336 e. The highest BCUT2D eigenvalue weighted by atomic mass is 16.2. The molecule has 5 heteroatoms. The van der Waals surface area contributed by atoms with Gasteiger partial charge in [0.05, 0.1) is 11.1 Å². The molecule has 3 aromatic rings. The molecule has 5 nitrogen and oxygen atoms in total. The van der Waals surface area contributed by atoms with Crippen LogP contribution in [0.1, 0.15) is 27.2 Å². The van der Waals surface area contributed by atoms with E-state index >= 15 is 0 Å². The normalized spacial score (nSPS) is 15.3. The molecule has 1 aromatic carbocycles. The summed E-state index contributed by atoms with van der Waals surface area (Å²) in [4.78, 5) is 26.3. The molecule has 4 rings (SSSR count). The Kier molecular flexibility index (Phi) is 4.86. The highest BCUT2D eigenvalue weighted by Crippen LogP contribution is 2.22. The van der Waals surface area contributed by atoms with Gasteiger partial charge in [-0.2, -0.15) is 0 Å². The molecule has 0 spiro atoms. The van der Waals surface area contributed by atoms with Crippen molar-refractivity contribution in [1.82, 2.24) is 19.8 Å². The van der Waals surface area contributed by atoms with Gasteiger partial charge < -0.3 is 4.90 Å². The van der Waals surface area contributed by atoms with Gasteiger partial charge in [-0.3, -0.25) is 19.7 Å². The zero-order valence-electron chi connectivity index (χ0n) is 15.9. The molecule has 1 fully saturated rings. The molecule has 0 unspecified atom stereocenters. The number of carbonyl (C=O) groups excluding carboxylic acids is 1. The molecule has 27 heavy (non-hydrogen) atoms. The first-order valence-corrected chi connectivity index (χ1v) is 9.39. The van der Waals surface area contributed by atoms with E-state index in [1.807, 2.05) is 49.2 Å². The molecular formula is C22H24N4O. The Hall–Kier alpha value is -2.79. The zero-order chi connectivity index (χ0) is 18.8. The molecule has 0 radical (unpaired) electrons. The maximum absolute atomic E-state index is 13.2. The van der Waals surface area contributed by atoms with E-state index in [1.54, 1.807) is 6.20 Å². The van der Waals surface area contributed by atoms with Crippen LogP contribution in [0.4, 0.5) is 0 Å². The third-order valence-corrected chi connectivity index (χ3v) is 5.11. The number of piperazine rings is 1. The summed E-state index contributed by atoms with van der Waals surface area (Å²) in [5.41, 5.74) is 4.89. The average Bonchev–Trinajstić information content (AvgIpc) is 2.68. The van der Waals surface area contributed by atoms with Crippen LogP contribution in [0, 0.1) is 13.8 Å².